The van der Waals surface area contributed by atoms with E-state index in [0.717, 1.165) is 43.8 Å². The second-order valence-corrected chi connectivity index (χ2v) is 10.7. The van der Waals surface area contributed by atoms with Crippen LogP contribution in [-0.4, -0.2) is 68.4 Å². The Morgan fingerprint density at radius 1 is 1.00 bits per heavy atom. The number of piperidine rings is 2. The molecule has 0 aliphatic carbocycles. The Kier molecular flexibility index (Phi) is 7.82. The van der Waals surface area contributed by atoms with E-state index in [0.29, 0.717) is 35.4 Å². The smallest absolute Gasteiger partial charge is 0.290 e. The molecule has 2 saturated heterocycles. The van der Waals surface area contributed by atoms with Gasteiger partial charge in [-0.15, -0.1) is 0 Å². The molecule has 41 heavy (non-hydrogen) atoms. The van der Waals surface area contributed by atoms with Crippen molar-refractivity contribution in [2.75, 3.05) is 38.5 Å². The average molecular weight is 554 g/mol. The number of benzene rings is 2. The monoisotopic (exact) mass is 553 g/mol. The summed E-state index contributed by atoms with van der Waals surface area (Å²) in [6, 6.07) is 16.9. The Morgan fingerprint density at radius 2 is 1.76 bits per heavy atom. The number of H-pyrrole nitrogens is 1. The van der Waals surface area contributed by atoms with Gasteiger partial charge in [-0.2, -0.15) is 10.2 Å². The molecule has 1 atom stereocenters. The molecule has 3 N–H and O–H groups in total. The Bertz CT molecular complexity index is 1590. The molecule has 10 nitrogen and oxygen atoms in total. The molecule has 4 aromatic rings. The Balaban J connectivity index is 1.24. The molecule has 10 heteroatoms. The lowest BCUT2D eigenvalue weighted by Gasteiger charge is -2.32. The van der Waals surface area contributed by atoms with E-state index in [-0.39, 0.29) is 23.3 Å². The number of fused-ring (bicyclic) bond motifs is 1. The fraction of sp³-hybridized carbons (Fsp3) is 0.355. The lowest BCUT2D eigenvalue weighted by atomic mass is 10.1. The van der Waals surface area contributed by atoms with Gasteiger partial charge in [0.1, 0.15) is 22.7 Å². The molecule has 0 radical (unpaired) electrons. The van der Waals surface area contributed by atoms with E-state index >= 15 is 0 Å². The summed E-state index contributed by atoms with van der Waals surface area (Å²) in [6.45, 7) is 4.13. The number of nitrogens with one attached hydrogen (secondary N) is 1. The molecule has 0 spiro atoms. The second kappa shape index (κ2) is 12.0. The van der Waals surface area contributed by atoms with Crippen LogP contribution >= 0.6 is 0 Å². The van der Waals surface area contributed by atoms with Crippen LogP contribution in [0.1, 0.15) is 38.1 Å². The van der Waals surface area contributed by atoms with E-state index < -0.39 is 0 Å². The van der Waals surface area contributed by atoms with Crippen LogP contribution in [0, 0.1) is 0 Å². The zero-order chi connectivity index (χ0) is 28.2. The number of nitrogens with zero attached hydrogens (tertiary/aromatic N) is 5. The largest absolute Gasteiger partial charge is 0.457 e. The maximum Gasteiger partial charge on any atom is 0.290 e. The van der Waals surface area contributed by atoms with Gasteiger partial charge in [0, 0.05) is 31.3 Å². The van der Waals surface area contributed by atoms with Gasteiger partial charge in [-0.1, -0.05) is 30.7 Å². The SMILES string of the molecule is Nc1n[nH]c(=O)c2c1c(-c1ccc(Oc3ccccc3)cc1)nn2C1CCCN(C(=O)/C=C/CN2CCCCC2)C1. The van der Waals surface area contributed by atoms with Crippen molar-refractivity contribution in [1.29, 1.82) is 0 Å². The minimum atomic E-state index is -0.359. The number of rotatable bonds is 7. The van der Waals surface area contributed by atoms with Crippen LogP contribution in [0.2, 0.25) is 0 Å². The van der Waals surface area contributed by atoms with Crippen LogP contribution in [0.25, 0.3) is 22.2 Å². The van der Waals surface area contributed by atoms with Gasteiger partial charge in [0.05, 0.1) is 11.4 Å². The first-order chi connectivity index (χ1) is 20.1. The van der Waals surface area contributed by atoms with Crippen molar-refractivity contribution < 1.29 is 9.53 Å². The molecule has 2 aromatic carbocycles. The molecule has 2 aliphatic rings. The van der Waals surface area contributed by atoms with Gasteiger partial charge in [-0.3, -0.25) is 19.2 Å². The van der Waals surface area contributed by atoms with Gasteiger partial charge in [0.25, 0.3) is 5.56 Å². The molecule has 2 aromatic heterocycles. The number of ether oxygens (including phenoxy) is 1. The topological polar surface area (TPSA) is 122 Å². The van der Waals surface area contributed by atoms with E-state index in [4.69, 9.17) is 15.6 Å². The number of likely N-dealkylation sites (tertiary alicyclic amines) is 2. The molecule has 212 valence electrons. The lowest BCUT2D eigenvalue weighted by Crippen LogP contribution is -2.40. The zero-order valence-corrected chi connectivity index (χ0v) is 23.0. The highest BCUT2D eigenvalue weighted by molar-refractivity contribution is 5.99. The third-order valence-corrected chi connectivity index (χ3v) is 7.89. The number of aromatic amines is 1. The van der Waals surface area contributed by atoms with Crippen molar-refractivity contribution >= 4 is 22.6 Å². The first-order valence-corrected chi connectivity index (χ1v) is 14.3. The molecule has 2 fully saturated rings. The van der Waals surface area contributed by atoms with Crippen LogP contribution in [0.3, 0.4) is 0 Å². The Labute approximate surface area is 238 Å². The number of nitrogens with two attached hydrogens (primary N) is 1. The number of carbonyl (C=O) groups is 1. The predicted octanol–water partition coefficient (Wildman–Crippen LogP) is 4.37. The van der Waals surface area contributed by atoms with E-state index in [2.05, 4.69) is 15.1 Å². The zero-order valence-electron chi connectivity index (χ0n) is 23.0. The van der Waals surface area contributed by atoms with Gasteiger partial charge in [-0.25, -0.2) is 5.10 Å². The fourth-order valence-electron chi connectivity index (χ4n) is 5.79. The third kappa shape index (κ3) is 5.88. The average Bonchev–Trinajstić information content (AvgIpc) is 3.43. The van der Waals surface area contributed by atoms with Gasteiger partial charge < -0.3 is 15.4 Å². The van der Waals surface area contributed by atoms with Crippen molar-refractivity contribution in [2.45, 2.75) is 38.1 Å². The number of carbonyl (C=O) groups excluding carboxylic acids is 1. The van der Waals surface area contributed by atoms with Gasteiger partial charge in [0.15, 0.2) is 5.82 Å². The van der Waals surface area contributed by atoms with E-state index in [9.17, 15) is 9.59 Å². The van der Waals surface area contributed by atoms with Crippen molar-refractivity contribution in [3.05, 3.63) is 77.1 Å². The summed E-state index contributed by atoms with van der Waals surface area (Å²) in [6.07, 6.45) is 9.01. The van der Waals surface area contributed by atoms with Crippen LogP contribution in [-0.2, 0) is 4.79 Å². The Morgan fingerprint density at radius 3 is 2.54 bits per heavy atom. The van der Waals surface area contributed by atoms with E-state index in [1.165, 1.54) is 19.3 Å². The maximum atomic E-state index is 13.1. The number of hydrogen-bond acceptors (Lipinski definition) is 7. The standard InChI is InChI=1S/C31H35N7O3/c32-30-27-28(22-13-15-25(16-14-22)41-24-10-3-1-4-11-24)35-38(29(27)31(40)34-33-30)23-9-7-20-37(21-23)26(39)12-8-19-36-17-5-2-6-18-36/h1,3-4,8,10-16,23H,2,5-7,9,17-21H2,(H2,32,33)(H,34,40)/b12-8+. The van der Waals surface area contributed by atoms with Crippen molar-refractivity contribution in [1.82, 2.24) is 29.8 Å². The van der Waals surface area contributed by atoms with Crippen molar-refractivity contribution in [3.63, 3.8) is 0 Å². The number of anilines is 1. The van der Waals surface area contributed by atoms with Crippen molar-refractivity contribution in [3.8, 4) is 22.8 Å². The number of para-hydroxylation sites is 1. The van der Waals surface area contributed by atoms with Crippen LogP contribution in [0.5, 0.6) is 11.5 Å². The summed E-state index contributed by atoms with van der Waals surface area (Å²) in [7, 11) is 0. The normalized spacial score (nSPS) is 18.2. The molecule has 4 heterocycles. The molecule has 6 rings (SSSR count). The highest BCUT2D eigenvalue weighted by Gasteiger charge is 2.29. The molecule has 2 aliphatic heterocycles. The summed E-state index contributed by atoms with van der Waals surface area (Å²) < 4.78 is 7.68. The summed E-state index contributed by atoms with van der Waals surface area (Å²) in [5.41, 5.74) is 7.67. The highest BCUT2D eigenvalue weighted by Crippen LogP contribution is 2.34. The maximum absolute atomic E-state index is 13.1. The van der Waals surface area contributed by atoms with Crippen LogP contribution in [0.4, 0.5) is 5.82 Å². The molecular formula is C31H35N7O3. The minimum absolute atomic E-state index is 0.00695. The second-order valence-electron chi connectivity index (χ2n) is 10.7. The van der Waals surface area contributed by atoms with E-state index in [1.54, 1.807) is 10.8 Å². The summed E-state index contributed by atoms with van der Waals surface area (Å²) in [5, 5.41) is 12.0. The minimum Gasteiger partial charge on any atom is -0.457 e. The Hall–Kier alpha value is -4.44. The fourth-order valence-corrected chi connectivity index (χ4v) is 5.79. The third-order valence-electron chi connectivity index (χ3n) is 7.89. The lowest BCUT2D eigenvalue weighted by molar-refractivity contribution is -0.127. The van der Waals surface area contributed by atoms with E-state index in [1.807, 2.05) is 65.6 Å². The first-order valence-electron chi connectivity index (χ1n) is 14.3. The number of nitrogen functional groups attached to an aromatic ring is 1. The van der Waals surface area contributed by atoms with Gasteiger partial charge in [0.2, 0.25) is 5.91 Å². The molecule has 0 bridgehead atoms. The number of amides is 1. The number of aromatic nitrogens is 4. The first kappa shape index (κ1) is 26.8. The molecule has 1 unspecified atom stereocenters. The summed E-state index contributed by atoms with van der Waals surface area (Å²) >= 11 is 0. The predicted molar refractivity (Wildman–Crippen MR) is 159 cm³/mol. The van der Waals surface area contributed by atoms with Crippen LogP contribution < -0.4 is 16.0 Å². The molecule has 0 saturated carbocycles. The van der Waals surface area contributed by atoms with Gasteiger partial charge >= 0.3 is 0 Å². The number of hydrogen-bond donors (Lipinski definition) is 2. The highest BCUT2D eigenvalue weighted by atomic mass is 16.5. The van der Waals surface area contributed by atoms with Crippen molar-refractivity contribution in [2.24, 2.45) is 0 Å². The molecule has 1 amide bonds. The quantitative estimate of drug-likeness (QED) is 0.326. The summed E-state index contributed by atoms with van der Waals surface area (Å²) in [5.74, 6) is 1.62. The molecular weight excluding hydrogens is 518 g/mol. The van der Waals surface area contributed by atoms with Gasteiger partial charge in [-0.05, 0) is 75.2 Å². The van der Waals surface area contributed by atoms with Crippen LogP contribution in [0.15, 0.2) is 71.5 Å². The summed E-state index contributed by atoms with van der Waals surface area (Å²) in [4.78, 5) is 30.4.